The van der Waals surface area contributed by atoms with Crippen molar-refractivity contribution in [1.82, 2.24) is 15.5 Å². The van der Waals surface area contributed by atoms with E-state index in [1.807, 2.05) is 0 Å². The third-order valence-corrected chi connectivity index (χ3v) is 3.53. The monoisotopic (exact) mass is 303 g/mol. The van der Waals surface area contributed by atoms with Gasteiger partial charge in [0, 0.05) is 18.7 Å². The van der Waals surface area contributed by atoms with Crippen LogP contribution in [0.15, 0.2) is 28.8 Å². The van der Waals surface area contributed by atoms with Gasteiger partial charge in [0.2, 0.25) is 11.7 Å². The molecule has 7 heteroatoms. The van der Waals surface area contributed by atoms with E-state index in [0.29, 0.717) is 18.3 Å². The lowest BCUT2D eigenvalue weighted by atomic mass is 10.1. The van der Waals surface area contributed by atoms with Crippen molar-refractivity contribution in [1.29, 1.82) is 0 Å². The Labute approximate surface area is 127 Å². The standard InChI is InChI=1S/C15H17N3O4/c19-15(20)11-5-3-10(4-6-11)14-17-13(22-18-14)9-16-8-12-2-1-7-21-12/h3-6,12,16H,1-2,7-9H2,(H,19,20)/t12-/m1/s1. The van der Waals surface area contributed by atoms with Gasteiger partial charge < -0.3 is 19.7 Å². The zero-order valence-electron chi connectivity index (χ0n) is 12.0. The maximum Gasteiger partial charge on any atom is 0.335 e. The first-order valence-electron chi connectivity index (χ1n) is 7.21. The van der Waals surface area contributed by atoms with Gasteiger partial charge in [-0.2, -0.15) is 4.98 Å². The molecule has 2 heterocycles. The Morgan fingerprint density at radius 3 is 2.86 bits per heavy atom. The first-order valence-corrected chi connectivity index (χ1v) is 7.21. The maximum atomic E-state index is 10.8. The Kier molecular flexibility index (Phi) is 4.45. The minimum absolute atomic E-state index is 0.227. The van der Waals surface area contributed by atoms with Crippen LogP contribution in [0.5, 0.6) is 0 Å². The Balaban J connectivity index is 1.57. The van der Waals surface area contributed by atoms with Crippen LogP contribution in [0.4, 0.5) is 0 Å². The highest BCUT2D eigenvalue weighted by Gasteiger charge is 2.15. The van der Waals surface area contributed by atoms with E-state index in [0.717, 1.165) is 31.6 Å². The van der Waals surface area contributed by atoms with E-state index < -0.39 is 5.97 Å². The van der Waals surface area contributed by atoms with Crippen molar-refractivity contribution in [3.05, 3.63) is 35.7 Å². The Bertz CT molecular complexity index is 632. The molecule has 0 aliphatic carbocycles. The number of carboxylic acids is 1. The fourth-order valence-corrected chi connectivity index (χ4v) is 2.35. The Hall–Kier alpha value is -2.25. The molecule has 1 aliphatic rings. The predicted octanol–water partition coefficient (Wildman–Crippen LogP) is 1.70. The van der Waals surface area contributed by atoms with Crippen molar-refractivity contribution >= 4 is 5.97 Å². The van der Waals surface area contributed by atoms with Crippen molar-refractivity contribution < 1.29 is 19.2 Å². The van der Waals surface area contributed by atoms with E-state index >= 15 is 0 Å². The molecule has 0 bridgehead atoms. The third kappa shape index (κ3) is 3.49. The third-order valence-electron chi connectivity index (χ3n) is 3.53. The molecule has 1 aromatic carbocycles. The van der Waals surface area contributed by atoms with Crippen LogP contribution >= 0.6 is 0 Å². The number of carboxylic acid groups (broad SMARTS) is 1. The summed E-state index contributed by atoms with van der Waals surface area (Å²) < 4.78 is 10.7. The SMILES string of the molecule is O=C(O)c1ccc(-c2noc(CNC[C@H]3CCCO3)n2)cc1. The number of nitrogens with zero attached hydrogens (tertiary/aromatic N) is 2. The van der Waals surface area contributed by atoms with Crippen molar-refractivity contribution in [2.75, 3.05) is 13.2 Å². The highest BCUT2D eigenvalue weighted by atomic mass is 16.5. The summed E-state index contributed by atoms with van der Waals surface area (Å²) in [6.07, 6.45) is 2.47. The predicted molar refractivity (Wildman–Crippen MR) is 77.4 cm³/mol. The molecular weight excluding hydrogens is 286 g/mol. The second-order valence-electron chi connectivity index (χ2n) is 5.16. The molecule has 0 amide bonds. The summed E-state index contributed by atoms with van der Waals surface area (Å²) in [7, 11) is 0. The molecule has 0 unspecified atom stereocenters. The molecule has 1 aromatic heterocycles. The molecule has 1 saturated heterocycles. The van der Waals surface area contributed by atoms with Gasteiger partial charge in [0.05, 0.1) is 18.2 Å². The first kappa shape index (κ1) is 14.7. The number of aromatic nitrogens is 2. The molecule has 1 atom stereocenters. The van der Waals surface area contributed by atoms with Crippen LogP contribution in [0.3, 0.4) is 0 Å². The van der Waals surface area contributed by atoms with E-state index in [-0.39, 0.29) is 11.7 Å². The quantitative estimate of drug-likeness (QED) is 0.838. The number of hydrogen-bond acceptors (Lipinski definition) is 6. The average Bonchev–Trinajstić information content (AvgIpc) is 3.19. The lowest BCUT2D eigenvalue weighted by Gasteiger charge is -2.08. The topological polar surface area (TPSA) is 97.5 Å². The van der Waals surface area contributed by atoms with Gasteiger partial charge in [-0.05, 0) is 25.0 Å². The molecule has 1 fully saturated rings. The van der Waals surface area contributed by atoms with Crippen LogP contribution in [-0.2, 0) is 11.3 Å². The van der Waals surface area contributed by atoms with E-state index in [9.17, 15) is 4.79 Å². The molecule has 7 nitrogen and oxygen atoms in total. The van der Waals surface area contributed by atoms with Gasteiger partial charge in [0.1, 0.15) is 0 Å². The van der Waals surface area contributed by atoms with Gasteiger partial charge in [-0.1, -0.05) is 17.3 Å². The summed E-state index contributed by atoms with van der Waals surface area (Å²) in [4.78, 5) is 15.1. The van der Waals surface area contributed by atoms with Crippen LogP contribution < -0.4 is 5.32 Å². The molecule has 2 N–H and O–H groups in total. The van der Waals surface area contributed by atoms with Crippen molar-refractivity contribution in [3.8, 4) is 11.4 Å². The summed E-state index contributed by atoms with van der Waals surface area (Å²) in [5.74, 6) is -0.0140. The number of nitrogens with one attached hydrogen (secondary N) is 1. The normalized spacial score (nSPS) is 17.7. The molecule has 2 aromatic rings. The summed E-state index contributed by atoms with van der Waals surface area (Å²) in [5, 5.41) is 16.0. The van der Waals surface area contributed by atoms with Gasteiger partial charge >= 0.3 is 5.97 Å². The second kappa shape index (κ2) is 6.67. The number of hydrogen-bond donors (Lipinski definition) is 2. The summed E-state index contributed by atoms with van der Waals surface area (Å²) in [6.45, 7) is 2.09. The molecule has 116 valence electrons. The van der Waals surface area contributed by atoms with Gasteiger partial charge in [-0.25, -0.2) is 4.79 Å². The fraction of sp³-hybridized carbons (Fsp3) is 0.400. The number of benzene rings is 1. The van der Waals surface area contributed by atoms with Crippen molar-refractivity contribution in [2.24, 2.45) is 0 Å². The molecule has 0 saturated carbocycles. The smallest absolute Gasteiger partial charge is 0.335 e. The van der Waals surface area contributed by atoms with Gasteiger partial charge in [0.25, 0.3) is 0 Å². The number of aromatic carboxylic acids is 1. The lowest BCUT2D eigenvalue weighted by Crippen LogP contribution is -2.25. The highest BCUT2D eigenvalue weighted by molar-refractivity contribution is 5.88. The van der Waals surface area contributed by atoms with Crippen LogP contribution in [0.25, 0.3) is 11.4 Å². The Morgan fingerprint density at radius 2 is 2.18 bits per heavy atom. The van der Waals surface area contributed by atoms with Crippen LogP contribution in [-0.4, -0.2) is 40.5 Å². The minimum Gasteiger partial charge on any atom is -0.478 e. The van der Waals surface area contributed by atoms with Crippen LogP contribution in [0.2, 0.25) is 0 Å². The zero-order valence-corrected chi connectivity index (χ0v) is 12.0. The van der Waals surface area contributed by atoms with Gasteiger partial charge in [-0.3, -0.25) is 0 Å². The molecular formula is C15H17N3O4. The average molecular weight is 303 g/mol. The summed E-state index contributed by atoms with van der Waals surface area (Å²) in [6, 6.07) is 6.36. The second-order valence-corrected chi connectivity index (χ2v) is 5.16. The number of rotatable bonds is 6. The van der Waals surface area contributed by atoms with Crippen LogP contribution in [0, 0.1) is 0 Å². The molecule has 0 radical (unpaired) electrons. The van der Waals surface area contributed by atoms with Crippen molar-refractivity contribution in [3.63, 3.8) is 0 Å². The zero-order chi connectivity index (χ0) is 15.4. The van der Waals surface area contributed by atoms with E-state index in [4.69, 9.17) is 14.4 Å². The van der Waals surface area contributed by atoms with Gasteiger partial charge in [-0.15, -0.1) is 0 Å². The molecule has 22 heavy (non-hydrogen) atoms. The summed E-state index contributed by atoms with van der Waals surface area (Å²) in [5.41, 5.74) is 0.949. The van der Waals surface area contributed by atoms with Gasteiger partial charge in [0.15, 0.2) is 0 Å². The minimum atomic E-state index is -0.960. The van der Waals surface area contributed by atoms with E-state index in [2.05, 4.69) is 15.5 Å². The van der Waals surface area contributed by atoms with Crippen molar-refractivity contribution in [2.45, 2.75) is 25.5 Å². The summed E-state index contributed by atoms with van der Waals surface area (Å²) >= 11 is 0. The van der Waals surface area contributed by atoms with E-state index in [1.165, 1.54) is 12.1 Å². The first-order chi connectivity index (χ1) is 10.7. The fourth-order valence-electron chi connectivity index (χ4n) is 2.35. The Morgan fingerprint density at radius 1 is 1.36 bits per heavy atom. The van der Waals surface area contributed by atoms with Crippen LogP contribution in [0.1, 0.15) is 29.1 Å². The number of carbonyl (C=O) groups is 1. The largest absolute Gasteiger partial charge is 0.478 e. The lowest BCUT2D eigenvalue weighted by molar-refractivity contribution is 0.0697. The molecule has 1 aliphatic heterocycles. The maximum absolute atomic E-state index is 10.8. The van der Waals surface area contributed by atoms with E-state index in [1.54, 1.807) is 12.1 Å². The number of ether oxygens (including phenoxy) is 1. The molecule has 0 spiro atoms. The highest BCUT2D eigenvalue weighted by Crippen LogP contribution is 2.17. The molecule has 3 rings (SSSR count).